The number of rotatable bonds is 8. The summed E-state index contributed by atoms with van der Waals surface area (Å²) < 4.78 is 29.5. The first-order chi connectivity index (χ1) is 16.4. The van der Waals surface area contributed by atoms with E-state index in [9.17, 15) is 14.7 Å². The van der Waals surface area contributed by atoms with Crippen molar-refractivity contribution >= 4 is 22.4 Å². The number of hydrogen-bond donors (Lipinski definition) is 1. The molecule has 0 saturated carbocycles. The molecule has 35 heavy (non-hydrogen) atoms. The number of aliphatic hydroxyl groups is 1. The minimum Gasteiger partial charge on any atom is -0.459 e. The molecule has 3 rings (SSSR count). The quantitative estimate of drug-likeness (QED) is 0.434. The molecule has 4 atom stereocenters. The van der Waals surface area contributed by atoms with E-state index < -0.39 is 47.2 Å². The number of benzene rings is 2. The Kier molecular flexibility index (Phi) is 8.18. The predicted octanol–water partition coefficient (Wildman–Crippen LogP) is 2.42. The second kappa shape index (κ2) is 10.6. The Morgan fingerprint density at radius 2 is 1.46 bits per heavy atom. The van der Waals surface area contributed by atoms with Gasteiger partial charge in [-0.05, 0) is 58.9 Å². The average molecular weight is 503 g/mol. The molecule has 1 heterocycles. The minimum absolute atomic E-state index is 0.190. The zero-order valence-corrected chi connectivity index (χ0v) is 23.0. The first-order valence-corrected chi connectivity index (χ1v) is 12.3. The molecule has 2 aromatic rings. The summed E-state index contributed by atoms with van der Waals surface area (Å²) >= 11 is 0. The Labute approximate surface area is 209 Å². The summed E-state index contributed by atoms with van der Waals surface area (Å²) in [6.07, 6.45) is -3.59. The smallest absolute Gasteiger partial charge is 0.338 e. The Bertz CT molecular complexity index is 1010. The largest absolute Gasteiger partial charge is 0.459 e. The van der Waals surface area contributed by atoms with E-state index in [2.05, 4.69) is 0 Å². The van der Waals surface area contributed by atoms with E-state index in [1.165, 1.54) is 0 Å². The van der Waals surface area contributed by atoms with Crippen molar-refractivity contribution in [3.8, 4) is 0 Å². The van der Waals surface area contributed by atoms with E-state index in [4.69, 9.17) is 23.4 Å². The van der Waals surface area contributed by atoms with Crippen molar-refractivity contribution in [3.63, 3.8) is 0 Å². The van der Waals surface area contributed by atoms with Crippen molar-refractivity contribution in [2.45, 2.75) is 69.9 Å². The molecular formula is C26H34O8Si. The fourth-order valence-corrected chi connectivity index (χ4v) is 5.21. The molecule has 0 spiro atoms. The summed E-state index contributed by atoms with van der Waals surface area (Å²) in [4.78, 5) is 25.4. The van der Waals surface area contributed by atoms with Crippen LogP contribution in [0.1, 0.15) is 55.3 Å². The highest BCUT2D eigenvalue weighted by Gasteiger charge is 2.65. The maximum Gasteiger partial charge on any atom is 0.338 e. The van der Waals surface area contributed by atoms with Crippen LogP contribution in [-0.4, -0.2) is 69.4 Å². The second-order valence-electron chi connectivity index (χ2n) is 9.90. The summed E-state index contributed by atoms with van der Waals surface area (Å²) in [7, 11) is 0.190. The zero-order chi connectivity index (χ0) is 25.9. The molecule has 0 aromatic heterocycles. The molecule has 1 saturated heterocycles. The SMILES string of the molecule is CC(C)(C)OC(C)(C)[C@@]1(O[SiH3])O[C@H](COC(=O)c2ccccc2)[C@@H](OC(=O)c2ccccc2)[C@@H]1O. The number of aliphatic hydroxyl groups excluding tert-OH is 1. The van der Waals surface area contributed by atoms with Gasteiger partial charge < -0.3 is 28.5 Å². The standard InChI is InChI=1S/C26H34O8Si/c1-24(2,3)33-25(4,5)26(34-35)21(27)20(31-23(29)18-14-10-7-11-15-18)19(32-26)16-30-22(28)17-12-8-6-9-13-17/h6-15,19-21,27H,16H2,1-5,35H3/t19-,20-,21+,26-/m1/s1. The normalized spacial score (nSPS) is 24.8. The summed E-state index contributed by atoms with van der Waals surface area (Å²) in [5.74, 6) is -2.86. The van der Waals surface area contributed by atoms with Gasteiger partial charge in [0.15, 0.2) is 6.10 Å². The van der Waals surface area contributed by atoms with Crippen LogP contribution in [0.3, 0.4) is 0 Å². The first-order valence-electron chi connectivity index (χ1n) is 11.5. The van der Waals surface area contributed by atoms with Crippen molar-refractivity contribution in [2.75, 3.05) is 6.61 Å². The van der Waals surface area contributed by atoms with Crippen LogP contribution in [0.5, 0.6) is 0 Å². The van der Waals surface area contributed by atoms with Gasteiger partial charge in [-0.2, -0.15) is 0 Å². The van der Waals surface area contributed by atoms with Crippen LogP contribution in [0.2, 0.25) is 0 Å². The molecule has 190 valence electrons. The van der Waals surface area contributed by atoms with E-state index in [0.717, 1.165) is 0 Å². The van der Waals surface area contributed by atoms with Gasteiger partial charge in [0.2, 0.25) is 5.79 Å². The Morgan fingerprint density at radius 3 is 1.94 bits per heavy atom. The number of esters is 2. The van der Waals surface area contributed by atoms with Gasteiger partial charge in [-0.25, -0.2) is 9.59 Å². The van der Waals surface area contributed by atoms with Crippen LogP contribution in [0.25, 0.3) is 0 Å². The van der Waals surface area contributed by atoms with Crippen molar-refractivity contribution in [2.24, 2.45) is 0 Å². The van der Waals surface area contributed by atoms with Crippen LogP contribution < -0.4 is 0 Å². The summed E-state index contributed by atoms with van der Waals surface area (Å²) in [6, 6.07) is 16.9. The third-order valence-corrected chi connectivity index (χ3v) is 6.34. The van der Waals surface area contributed by atoms with Crippen molar-refractivity contribution < 1.29 is 38.1 Å². The van der Waals surface area contributed by atoms with Crippen LogP contribution in [-0.2, 0) is 23.4 Å². The van der Waals surface area contributed by atoms with Gasteiger partial charge in [-0.15, -0.1) is 0 Å². The van der Waals surface area contributed by atoms with Gasteiger partial charge >= 0.3 is 11.9 Å². The third kappa shape index (κ3) is 5.99. The molecule has 1 N–H and O–H groups in total. The number of hydrogen-bond acceptors (Lipinski definition) is 8. The Hall–Kier alpha value is -2.56. The summed E-state index contributed by atoms with van der Waals surface area (Å²) in [5.41, 5.74) is -1.06. The molecule has 1 aliphatic heterocycles. The Morgan fingerprint density at radius 1 is 0.943 bits per heavy atom. The molecule has 0 unspecified atom stereocenters. The molecule has 1 aliphatic rings. The third-order valence-electron chi connectivity index (χ3n) is 5.74. The van der Waals surface area contributed by atoms with Gasteiger partial charge in [0.1, 0.15) is 34.9 Å². The van der Waals surface area contributed by atoms with Crippen molar-refractivity contribution in [3.05, 3.63) is 71.8 Å². The molecule has 0 bridgehead atoms. The zero-order valence-electron chi connectivity index (χ0n) is 21.0. The molecule has 9 heteroatoms. The fraction of sp³-hybridized carbons (Fsp3) is 0.462. The lowest BCUT2D eigenvalue weighted by Crippen LogP contribution is -2.62. The topological polar surface area (TPSA) is 101 Å². The number of ether oxygens (including phenoxy) is 4. The highest BCUT2D eigenvalue weighted by Crippen LogP contribution is 2.44. The van der Waals surface area contributed by atoms with Gasteiger partial charge in [0.25, 0.3) is 0 Å². The molecule has 1 fully saturated rings. The molecule has 0 radical (unpaired) electrons. The molecular weight excluding hydrogens is 468 g/mol. The van der Waals surface area contributed by atoms with Crippen LogP contribution in [0, 0.1) is 0 Å². The van der Waals surface area contributed by atoms with Gasteiger partial charge in [0.05, 0.1) is 16.7 Å². The van der Waals surface area contributed by atoms with Gasteiger partial charge in [-0.3, -0.25) is 0 Å². The van der Waals surface area contributed by atoms with Gasteiger partial charge in [0, 0.05) is 0 Å². The van der Waals surface area contributed by atoms with E-state index in [1.807, 2.05) is 20.8 Å². The van der Waals surface area contributed by atoms with Gasteiger partial charge in [-0.1, -0.05) is 36.4 Å². The van der Waals surface area contributed by atoms with E-state index in [-0.39, 0.29) is 17.1 Å². The predicted molar refractivity (Wildman–Crippen MR) is 132 cm³/mol. The lowest BCUT2D eigenvalue weighted by atomic mass is 9.89. The fourth-order valence-electron chi connectivity index (χ4n) is 4.38. The molecule has 0 amide bonds. The van der Waals surface area contributed by atoms with Crippen LogP contribution >= 0.6 is 0 Å². The summed E-state index contributed by atoms with van der Waals surface area (Å²) in [6.45, 7) is 8.85. The molecule has 8 nitrogen and oxygen atoms in total. The lowest BCUT2D eigenvalue weighted by molar-refractivity contribution is -0.321. The first kappa shape index (κ1) is 27.0. The van der Waals surface area contributed by atoms with Crippen LogP contribution in [0.15, 0.2) is 60.7 Å². The highest BCUT2D eigenvalue weighted by molar-refractivity contribution is 5.98. The van der Waals surface area contributed by atoms with E-state index in [0.29, 0.717) is 11.1 Å². The van der Waals surface area contributed by atoms with Crippen molar-refractivity contribution in [1.29, 1.82) is 0 Å². The molecule has 0 aliphatic carbocycles. The monoisotopic (exact) mass is 502 g/mol. The van der Waals surface area contributed by atoms with Crippen molar-refractivity contribution in [1.82, 2.24) is 0 Å². The van der Waals surface area contributed by atoms with E-state index in [1.54, 1.807) is 74.5 Å². The maximum atomic E-state index is 12.9. The van der Waals surface area contributed by atoms with E-state index >= 15 is 0 Å². The highest BCUT2D eigenvalue weighted by atomic mass is 28.2. The Balaban J connectivity index is 1.89. The minimum atomic E-state index is -1.65. The molecule has 2 aromatic carbocycles. The van der Waals surface area contributed by atoms with Crippen LogP contribution in [0.4, 0.5) is 0 Å². The lowest BCUT2D eigenvalue weighted by Gasteiger charge is -2.47. The number of carbonyl (C=O) groups is 2. The summed E-state index contributed by atoms with van der Waals surface area (Å²) in [5, 5.41) is 11.5. The number of carbonyl (C=O) groups excluding carboxylic acids is 2. The second-order valence-corrected chi connectivity index (χ2v) is 10.3. The maximum absolute atomic E-state index is 12.9. The average Bonchev–Trinajstić information content (AvgIpc) is 3.09.